The van der Waals surface area contributed by atoms with Crippen LogP contribution in [0, 0.1) is 0 Å². The van der Waals surface area contributed by atoms with Gasteiger partial charge >= 0.3 is 0 Å². The summed E-state index contributed by atoms with van der Waals surface area (Å²) in [5.41, 5.74) is 2.20. The summed E-state index contributed by atoms with van der Waals surface area (Å²) in [5.74, 6) is 2.93. The van der Waals surface area contributed by atoms with Gasteiger partial charge in [-0.25, -0.2) is 0 Å². The lowest BCUT2D eigenvalue weighted by atomic mass is 9.98. The molecule has 466 valence electrons. The Morgan fingerprint density at radius 1 is 0.250 bits per heavy atom. The van der Waals surface area contributed by atoms with Crippen LogP contribution in [0.5, 0.6) is 34.5 Å². The van der Waals surface area contributed by atoms with Gasteiger partial charge < -0.3 is 58.3 Å². The Morgan fingerprint density at radius 3 is 0.641 bits per heavy atom. The van der Waals surface area contributed by atoms with Gasteiger partial charge in [0.2, 0.25) is 0 Å². The minimum atomic E-state index is -0.419. The number of hydrogen-bond donors (Lipinski definition) is 6. The first kappa shape index (κ1) is 59.0. The van der Waals surface area contributed by atoms with Gasteiger partial charge in [-0.15, -0.1) is 0 Å². The number of pyridine rings is 6. The lowest BCUT2D eigenvalue weighted by Gasteiger charge is -2.15. The highest BCUT2D eigenvalue weighted by atomic mass is 16.5. The minimum Gasteiger partial charge on any atom is -0.494 e. The predicted octanol–water partition coefficient (Wildman–Crippen LogP) is 14.6. The number of unbranched alkanes of at least 4 members (excludes halogenated alkanes) is 6. The number of rotatable bonds is 23. The van der Waals surface area contributed by atoms with Crippen LogP contribution in [0.15, 0.2) is 138 Å². The predicted molar refractivity (Wildman–Crippen MR) is 369 cm³/mol. The summed E-state index contributed by atoms with van der Waals surface area (Å²) in [6, 6.07) is 31.3. The normalized spacial score (nSPS) is 12.0. The third-order valence-electron chi connectivity index (χ3n) is 17.5. The summed E-state index contributed by atoms with van der Waals surface area (Å²) in [6.45, 7) is 10.5. The van der Waals surface area contributed by atoms with Crippen LogP contribution in [0.1, 0.15) is 91.9 Å². The molecule has 0 saturated heterocycles. The molecular formula is C74H68N6O12. The standard InChI is InChI=1S/C74H68N6O12/c1-5-9-12-28-88-40-17-23-52-46(34-40)70(82)59-64(76-52)57-63(75-51-22-16-39(87-8-4)33-45(51)69(57)81)58-65(59)79-55-26-20-43(37-49(55)73(58)85)91-31-15-32-92-44-21-27-56-50(38-44)74(86)62-67-60(71(83)48-36-42(19-25-54(48)78-67)90-30-14-11-7-3)66-61(68(62)80-56)72(84)47-35-41(18-24-53(47)77-66)89-29-13-10-6-2/h16-27,33-38H,5-15,28-32H2,1-4H3,(H,75,81)(H,76,82)(H,77,84)(H,78,83)(H,79,85)(H,80,86). The second-order valence-electron chi connectivity index (χ2n) is 23.6. The molecule has 0 aliphatic carbocycles. The summed E-state index contributed by atoms with van der Waals surface area (Å²) in [7, 11) is 0. The largest absolute Gasteiger partial charge is 0.494 e. The topological polar surface area (TPSA) is 253 Å². The fourth-order valence-corrected chi connectivity index (χ4v) is 12.9. The molecule has 0 fully saturated rings. The van der Waals surface area contributed by atoms with Crippen molar-refractivity contribution in [3.05, 3.63) is 171 Å². The SMILES string of the molecule is CCCCCOc1ccc2[nH]c3c4c(=O)c5cc(OCC)ccc5[nH]c4c4c(=O)c5cc(OCCCOc6ccc7[nH]c8c9c(=O)c%10cc(OCCCCC)ccc%10[nH]c9c9c(=O)c%10cc(OCCCCC)ccc%10[nH]c9c8c(=O)c7c6)ccc5[nH]c4c3c(=O)c2c1. The van der Waals surface area contributed by atoms with Crippen molar-refractivity contribution < 1.29 is 28.4 Å². The molecule has 14 rings (SSSR count). The fraction of sp³-hybridized carbons (Fsp3) is 0.270. The minimum absolute atomic E-state index is 0.137. The zero-order valence-corrected chi connectivity index (χ0v) is 51.6. The lowest BCUT2D eigenvalue weighted by Crippen LogP contribution is -2.15. The third kappa shape index (κ3) is 10.4. The van der Waals surface area contributed by atoms with Gasteiger partial charge in [-0.3, -0.25) is 28.8 Å². The highest BCUT2D eigenvalue weighted by molar-refractivity contribution is 6.27. The Balaban J connectivity index is 0.791. The molecule has 6 aromatic heterocycles. The summed E-state index contributed by atoms with van der Waals surface area (Å²) in [5, 5.41) is 2.85. The Kier molecular flexibility index (Phi) is 15.8. The van der Waals surface area contributed by atoms with E-state index in [0.29, 0.717) is 122 Å². The molecular weight excluding hydrogens is 1160 g/mol. The van der Waals surface area contributed by atoms with Crippen molar-refractivity contribution >= 4 is 131 Å². The van der Waals surface area contributed by atoms with E-state index in [1.165, 1.54) is 0 Å². The maximum Gasteiger partial charge on any atom is 0.199 e. The number of hydrogen-bond acceptors (Lipinski definition) is 12. The number of benzene rings is 8. The van der Waals surface area contributed by atoms with Crippen molar-refractivity contribution in [3.8, 4) is 34.5 Å². The van der Waals surface area contributed by atoms with Crippen LogP contribution < -0.4 is 61.0 Å². The molecule has 6 N–H and O–H groups in total. The van der Waals surface area contributed by atoms with E-state index in [9.17, 15) is 19.2 Å². The van der Waals surface area contributed by atoms with Crippen LogP contribution in [-0.2, 0) is 0 Å². The van der Waals surface area contributed by atoms with Gasteiger partial charge in [-0.05, 0) is 135 Å². The summed E-state index contributed by atoms with van der Waals surface area (Å²) in [4.78, 5) is 111. The smallest absolute Gasteiger partial charge is 0.199 e. The van der Waals surface area contributed by atoms with Crippen molar-refractivity contribution in [1.82, 2.24) is 29.9 Å². The second kappa shape index (κ2) is 24.6. The molecule has 0 radical (unpaired) electrons. The number of fused-ring (bicyclic) bond motifs is 18. The van der Waals surface area contributed by atoms with E-state index in [2.05, 4.69) is 50.7 Å². The van der Waals surface area contributed by atoms with Crippen LogP contribution in [0.25, 0.3) is 131 Å². The Labute approximate surface area is 523 Å². The quantitative estimate of drug-likeness (QED) is 0.0199. The number of H-pyrrole nitrogens is 6. The first-order valence-corrected chi connectivity index (χ1v) is 31.9. The monoisotopic (exact) mass is 1230 g/mol. The first-order chi connectivity index (χ1) is 44.9. The van der Waals surface area contributed by atoms with Gasteiger partial charge in [0.1, 0.15) is 34.5 Å². The van der Waals surface area contributed by atoms with E-state index in [0.717, 1.165) is 57.8 Å². The maximum atomic E-state index is 15.2. The first-order valence-electron chi connectivity index (χ1n) is 31.9. The Bertz CT molecular complexity index is 5650. The molecule has 14 aromatic rings. The zero-order chi connectivity index (χ0) is 63.3. The van der Waals surface area contributed by atoms with Gasteiger partial charge in [0.25, 0.3) is 0 Å². The molecule has 6 heterocycles. The molecule has 0 unspecified atom stereocenters. The van der Waals surface area contributed by atoms with Crippen molar-refractivity contribution in [1.29, 1.82) is 0 Å². The number of aromatic nitrogens is 6. The molecule has 0 aliphatic heterocycles. The highest BCUT2D eigenvalue weighted by Gasteiger charge is 2.25. The zero-order valence-electron chi connectivity index (χ0n) is 51.6. The fourth-order valence-electron chi connectivity index (χ4n) is 12.9. The van der Waals surface area contributed by atoms with Crippen LogP contribution in [0.3, 0.4) is 0 Å². The molecule has 0 bridgehead atoms. The van der Waals surface area contributed by atoms with E-state index < -0.39 is 10.9 Å². The number of ether oxygens (including phenoxy) is 6. The molecule has 8 aromatic carbocycles. The van der Waals surface area contributed by atoms with E-state index in [-0.39, 0.29) is 111 Å². The van der Waals surface area contributed by atoms with Crippen LogP contribution >= 0.6 is 0 Å². The summed E-state index contributed by atoms with van der Waals surface area (Å²) < 4.78 is 36.5. The van der Waals surface area contributed by atoms with Gasteiger partial charge in [0.05, 0.1) is 138 Å². The highest BCUT2D eigenvalue weighted by Crippen LogP contribution is 2.36. The Morgan fingerprint density at radius 2 is 0.446 bits per heavy atom. The molecule has 92 heavy (non-hydrogen) atoms. The van der Waals surface area contributed by atoms with Gasteiger partial charge in [-0.1, -0.05) is 59.3 Å². The van der Waals surface area contributed by atoms with Crippen molar-refractivity contribution in [2.45, 2.75) is 91.9 Å². The molecule has 0 atom stereocenters. The molecule has 0 aliphatic rings. The third-order valence-corrected chi connectivity index (χ3v) is 17.5. The van der Waals surface area contributed by atoms with Crippen LogP contribution in [0.2, 0.25) is 0 Å². The van der Waals surface area contributed by atoms with Crippen molar-refractivity contribution in [3.63, 3.8) is 0 Å². The molecule has 0 amide bonds. The van der Waals surface area contributed by atoms with Gasteiger partial charge in [-0.2, -0.15) is 0 Å². The van der Waals surface area contributed by atoms with E-state index in [4.69, 9.17) is 28.4 Å². The van der Waals surface area contributed by atoms with Crippen LogP contribution in [-0.4, -0.2) is 69.5 Å². The average Bonchev–Trinajstić information content (AvgIpc) is 0.711. The molecule has 0 saturated carbocycles. The van der Waals surface area contributed by atoms with E-state index in [1.54, 1.807) is 109 Å². The van der Waals surface area contributed by atoms with Gasteiger partial charge in [0.15, 0.2) is 32.6 Å². The molecule has 0 spiro atoms. The van der Waals surface area contributed by atoms with Crippen LogP contribution in [0.4, 0.5) is 0 Å². The molecule has 18 nitrogen and oxygen atoms in total. The van der Waals surface area contributed by atoms with E-state index >= 15 is 9.59 Å². The van der Waals surface area contributed by atoms with E-state index in [1.807, 2.05) is 6.92 Å². The number of aromatic amines is 6. The van der Waals surface area contributed by atoms with Crippen molar-refractivity contribution in [2.24, 2.45) is 0 Å². The number of nitrogens with one attached hydrogen (secondary N) is 6. The van der Waals surface area contributed by atoms with Gasteiger partial charge in [0, 0.05) is 38.7 Å². The molecule has 18 heteroatoms. The average molecular weight is 1230 g/mol. The maximum absolute atomic E-state index is 15.2. The lowest BCUT2D eigenvalue weighted by molar-refractivity contribution is 0.248. The Hall–Kier alpha value is -10.6. The second-order valence-corrected chi connectivity index (χ2v) is 23.6. The summed E-state index contributed by atoms with van der Waals surface area (Å²) in [6.07, 6.45) is 9.15. The van der Waals surface area contributed by atoms with Crippen molar-refractivity contribution in [2.75, 3.05) is 39.6 Å². The summed E-state index contributed by atoms with van der Waals surface area (Å²) >= 11 is 0.